The van der Waals surface area contributed by atoms with E-state index in [1.807, 2.05) is 12.1 Å². The Morgan fingerprint density at radius 3 is 2.52 bits per heavy atom. The molecule has 2 aliphatic heterocycles. The molecule has 0 saturated carbocycles. The summed E-state index contributed by atoms with van der Waals surface area (Å²) in [5, 5.41) is 4.36. The Bertz CT molecular complexity index is 440. The van der Waals surface area contributed by atoms with Crippen molar-refractivity contribution in [1.82, 2.24) is 10.2 Å². The summed E-state index contributed by atoms with van der Waals surface area (Å²) in [6, 6.07) is 8.93. The summed E-state index contributed by atoms with van der Waals surface area (Å²) in [6.45, 7) is 9.40. The maximum absolute atomic E-state index is 5.96. The lowest BCUT2D eigenvalue weighted by Crippen LogP contribution is -2.49. The van der Waals surface area contributed by atoms with Crippen LogP contribution in [-0.4, -0.2) is 50.2 Å². The Balaban J connectivity index is 1.47. The maximum Gasteiger partial charge on any atom is 0.0407 e. The van der Waals surface area contributed by atoms with Crippen LogP contribution in [0.4, 0.5) is 5.69 Å². The van der Waals surface area contributed by atoms with Crippen LogP contribution in [0, 0.1) is 5.92 Å². The van der Waals surface area contributed by atoms with Gasteiger partial charge in [-0.05, 0) is 56.5 Å². The van der Waals surface area contributed by atoms with E-state index in [9.17, 15) is 0 Å². The normalized spacial score (nSPS) is 27.8. The summed E-state index contributed by atoms with van der Waals surface area (Å²) in [6.07, 6.45) is 2.67. The average Bonchev–Trinajstić information content (AvgIpc) is 2.49. The Hall–Kier alpha value is -0.770. The molecule has 2 aliphatic rings. The van der Waals surface area contributed by atoms with Gasteiger partial charge in [0, 0.05) is 49.5 Å². The number of rotatable bonds is 3. The first-order valence-corrected chi connectivity index (χ1v) is 8.55. The molecule has 1 N–H and O–H groups in total. The maximum atomic E-state index is 5.96. The zero-order valence-electron chi connectivity index (χ0n) is 12.9. The molecular formula is C17H26ClN3. The van der Waals surface area contributed by atoms with Crippen LogP contribution in [0.2, 0.25) is 5.02 Å². The first kappa shape index (κ1) is 15.1. The summed E-state index contributed by atoms with van der Waals surface area (Å²) >= 11 is 5.96. The minimum absolute atomic E-state index is 0.694. The van der Waals surface area contributed by atoms with E-state index in [1.165, 1.54) is 44.7 Å². The summed E-state index contributed by atoms with van der Waals surface area (Å²) in [5.41, 5.74) is 1.30. The molecule has 0 spiro atoms. The second kappa shape index (κ2) is 6.99. The molecule has 2 unspecified atom stereocenters. The molecular weight excluding hydrogens is 282 g/mol. The first-order chi connectivity index (χ1) is 10.2. The van der Waals surface area contributed by atoms with Gasteiger partial charge in [-0.25, -0.2) is 0 Å². The molecule has 116 valence electrons. The summed E-state index contributed by atoms with van der Waals surface area (Å²) < 4.78 is 0. The lowest BCUT2D eigenvalue weighted by Gasteiger charge is -2.39. The van der Waals surface area contributed by atoms with Gasteiger partial charge in [-0.15, -0.1) is 0 Å². The Labute approximate surface area is 133 Å². The van der Waals surface area contributed by atoms with E-state index >= 15 is 0 Å². The molecule has 0 aromatic heterocycles. The summed E-state index contributed by atoms with van der Waals surface area (Å²) in [5.74, 6) is 0.878. The smallest absolute Gasteiger partial charge is 0.0407 e. The second-order valence-electron chi connectivity index (χ2n) is 6.51. The first-order valence-electron chi connectivity index (χ1n) is 8.17. The van der Waals surface area contributed by atoms with Crippen molar-refractivity contribution in [3.63, 3.8) is 0 Å². The van der Waals surface area contributed by atoms with Crippen molar-refractivity contribution in [1.29, 1.82) is 0 Å². The number of halogens is 1. The number of nitrogens with one attached hydrogen (secondary N) is 1. The number of anilines is 1. The number of hydrogen-bond acceptors (Lipinski definition) is 3. The van der Waals surface area contributed by atoms with Gasteiger partial charge in [0.1, 0.15) is 0 Å². The van der Waals surface area contributed by atoms with E-state index in [2.05, 4.69) is 34.2 Å². The molecule has 21 heavy (non-hydrogen) atoms. The lowest BCUT2D eigenvalue weighted by molar-refractivity contribution is 0.184. The standard InChI is InChI=1S/C17H26ClN3/c1-14-12-15(6-7-19-14)13-20-8-10-21(11-9-20)17-4-2-16(18)3-5-17/h2-5,14-15,19H,6-13H2,1H3. The number of piperazine rings is 1. The number of piperidine rings is 1. The topological polar surface area (TPSA) is 18.5 Å². The highest BCUT2D eigenvalue weighted by Crippen LogP contribution is 2.21. The van der Waals surface area contributed by atoms with Crippen LogP contribution < -0.4 is 10.2 Å². The van der Waals surface area contributed by atoms with Crippen molar-refractivity contribution in [3.05, 3.63) is 29.3 Å². The quantitative estimate of drug-likeness (QED) is 0.926. The third kappa shape index (κ3) is 4.12. The van der Waals surface area contributed by atoms with Gasteiger partial charge in [0.2, 0.25) is 0 Å². The van der Waals surface area contributed by atoms with Gasteiger partial charge in [0.15, 0.2) is 0 Å². The number of hydrogen-bond donors (Lipinski definition) is 1. The highest BCUT2D eigenvalue weighted by Gasteiger charge is 2.23. The molecule has 2 fully saturated rings. The fourth-order valence-electron chi connectivity index (χ4n) is 3.61. The Morgan fingerprint density at radius 2 is 1.86 bits per heavy atom. The third-order valence-corrected chi connectivity index (χ3v) is 5.06. The van der Waals surface area contributed by atoms with Crippen LogP contribution in [0.5, 0.6) is 0 Å². The van der Waals surface area contributed by atoms with Crippen LogP contribution in [0.25, 0.3) is 0 Å². The van der Waals surface area contributed by atoms with E-state index in [4.69, 9.17) is 11.6 Å². The predicted molar refractivity (Wildman–Crippen MR) is 90.3 cm³/mol. The van der Waals surface area contributed by atoms with Gasteiger partial charge in [0.25, 0.3) is 0 Å². The van der Waals surface area contributed by atoms with Crippen LogP contribution in [0.15, 0.2) is 24.3 Å². The molecule has 1 aromatic carbocycles. The predicted octanol–water partition coefficient (Wildman–Crippen LogP) is 2.85. The third-order valence-electron chi connectivity index (χ3n) is 4.81. The van der Waals surface area contributed by atoms with Gasteiger partial charge < -0.3 is 10.2 Å². The SMILES string of the molecule is CC1CC(CN2CCN(c3ccc(Cl)cc3)CC2)CCN1. The van der Waals surface area contributed by atoms with Crippen molar-refractivity contribution >= 4 is 17.3 Å². The van der Waals surface area contributed by atoms with Gasteiger partial charge in [-0.2, -0.15) is 0 Å². The van der Waals surface area contributed by atoms with Gasteiger partial charge in [0.05, 0.1) is 0 Å². The van der Waals surface area contributed by atoms with Crippen LogP contribution >= 0.6 is 11.6 Å². The molecule has 3 rings (SSSR count). The molecule has 4 heteroatoms. The molecule has 0 amide bonds. The van der Waals surface area contributed by atoms with Crippen molar-refractivity contribution in [3.8, 4) is 0 Å². The Kier molecular flexibility index (Phi) is 5.04. The lowest BCUT2D eigenvalue weighted by atomic mass is 9.92. The van der Waals surface area contributed by atoms with Gasteiger partial charge >= 0.3 is 0 Å². The van der Waals surface area contributed by atoms with Crippen LogP contribution in [0.1, 0.15) is 19.8 Å². The minimum atomic E-state index is 0.694. The molecule has 1 aromatic rings. The largest absolute Gasteiger partial charge is 0.369 e. The molecule has 0 bridgehead atoms. The molecule has 2 heterocycles. The zero-order valence-corrected chi connectivity index (χ0v) is 13.6. The highest BCUT2D eigenvalue weighted by molar-refractivity contribution is 6.30. The molecule has 0 aliphatic carbocycles. The average molecular weight is 308 g/mol. The van der Waals surface area contributed by atoms with E-state index in [-0.39, 0.29) is 0 Å². The zero-order chi connectivity index (χ0) is 14.7. The highest BCUT2D eigenvalue weighted by atomic mass is 35.5. The number of nitrogens with zero attached hydrogens (tertiary/aromatic N) is 2. The van der Waals surface area contributed by atoms with E-state index in [0.717, 1.165) is 24.0 Å². The molecule has 0 radical (unpaired) electrons. The van der Waals surface area contributed by atoms with Gasteiger partial charge in [-0.1, -0.05) is 11.6 Å². The fraction of sp³-hybridized carbons (Fsp3) is 0.647. The van der Waals surface area contributed by atoms with Crippen LogP contribution in [-0.2, 0) is 0 Å². The second-order valence-corrected chi connectivity index (χ2v) is 6.95. The van der Waals surface area contributed by atoms with E-state index < -0.39 is 0 Å². The van der Waals surface area contributed by atoms with Crippen LogP contribution in [0.3, 0.4) is 0 Å². The fourth-order valence-corrected chi connectivity index (χ4v) is 3.73. The van der Waals surface area contributed by atoms with Crippen molar-refractivity contribution in [2.45, 2.75) is 25.8 Å². The number of benzene rings is 1. The molecule has 3 nitrogen and oxygen atoms in total. The van der Waals surface area contributed by atoms with Crippen molar-refractivity contribution < 1.29 is 0 Å². The molecule has 2 atom stereocenters. The minimum Gasteiger partial charge on any atom is -0.369 e. The summed E-state index contributed by atoms with van der Waals surface area (Å²) in [4.78, 5) is 5.12. The monoisotopic (exact) mass is 307 g/mol. The van der Waals surface area contributed by atoms with E-state index in [0.29, 0.717) is 6.04 Å². The van der Waals surface area contributed by atoms with Crippen molar-refractivity contribution in [2.24, 2.45) is 5.92 Å². The summed E-state index contributed by atoms with van der Waals surface area (Å²) in [7, 11) is 0. The Morgan fingerprint density at radius 1 is 1.14 bits per heavy atom. The van der Waals surface area contributed by atoms with E-state index in [1.54, 1.807) is 0 Å². The van der Waals surface area contributed by atoms with Crippen molar-refractivity contribution in [2.75, 3.05) is 44.2 Å². The van der Waals surface area contributed by atoms with Gasteiger partial charge in [-0.3, -0.25) is 4.90 Å². The molecule has 2 saturated heterocycles.